The van der Waals surface area contributed by atoms with Gasteiger partial charge in [0.15, 0.2) is 17.5 Å². The van der Waals surface area contributed by atoms with E-state index in [9.17, 15) is 0 Å². The van der Waals surface area contributed by atoms with Gasteiger partial charge in [-0.15, -0.1) is 11.3 Å². The molecule has 0 radical (unpaired) electrons. The highest BCUT2D eigenvalue weighted by molar-refractivity contribution is 9.10. The molecule has 0 amide bonds. The highest BCUT2D eigenvalue weighted by Gasteiger charge is 2.18. The van der Waals surface area contributed by atoms with Crippen LogP contribution in [0.15, 0.2) is 138 Å². The molecule has 0 bridgehead atoms. The zero-order chi connectivity index (χ0) is 28.0. The Balaban J connectivity index is 1.36. The lowest BCUT2D eigenvalue weighted by Gasteiger charge is -2.12. The molecule has 8 aromatic rings. The molecule has 5 heteroatoms. The molecule has 0 atom stereocenters. The highest BCUT2D eigenvalue weighted by Crippen LogP contribution is 2.40. The molecule has 42 heavy (non-hydrogen) atoms. The number of aromatic nitrogens is 3. The quantitative estimate of drug-likeness (QED) is 0.197. The Morgan fingerprint density at radius 1 is 0.405 bits per heavy atom. The first-order valence-corrected chi connectivity index (χ1v) is 15.3. The molecule has 2 heterocycles. The van der Waals surface area contributed by atoms with Crippen LogP contribution in [0.1, 0.15) is 0 Å². The van der Waals surface area contributed by atoms with Crippen molar-refractivity contribution >= 4 is 58.2 Å². The van der Waals surface area contributed by atoms with Crippen LogP contribution in [-0.4, -0.2) is 15.0 Å². The van der Waals surface area contributed by atoms with Crippen LogP contribution >= 0.6 is 27.3 Å². The summed E-state index contributed by atoms with van der Waals surface area (Å²) < 4.78 is 3.48. The number of thiophene rings is 1. The first kappa shape index (κ1) is 25.0. The normalized spacial score (nSPS) is 11.5. The molecule has 2 aromatic heterocycles. The molecular weight excluding hydrogens is 598 g/mol. The lowest BCUT2D eigenvalue weighted by molar-refractivity contribution is 1.08. The Morgan fingerprint density at radius 3 is 1.81 bits per heavy atom. The number of benzene rings is 6. The maximum absolute atomic E-state index is 5.13. The summed E-state index contributed by atoms with van der Waals surface area (Å²) in [4.78, 5) is 15.3. The van der Waals surface area contributed by atoms with E-state index in [4.69, 9.17) is 15.0 Å². The third-order valence-electron chi connectivity index (χ3n) is 7.64. The Bertz CT molecular complexity index is 2260. The molecule has 6 aromatic carbocycles. The molecule has 0 aliphatic rings. The summed E-state index contributed by atoms with van der Waals surface area (Å²) in [6.45, 7) is 0. The topological polar surface area (TPSA) is 38.7 Å². The van der Waals surface area contributed by atoms with Crippen LogP contribution in [0.3, 0.4) is 0 Å². The molecule has 3 nitrogen and oxygen atoms in total. The lowest BCUT2D eigenvalue weighted by Crippen LogP contribution is -2.00. The summed E-state index contributed by atoms with van der Waals surface area (Å²) in [5.74, 6) is 1.98. The molecule has 0 saturated carbocycles. The third kappa shape index (κ3) is 4.30. The fraction of sp³-hybridized carbons (Fsp3) is 0. The van der Waals surface area contributed by atoms with Crippen LogP contribution in [-0.2, 0) is 0 Å². The Morgan fingerprint density at radius 2 is 1.00 bits per heavy atom. The zero-order valence-electron chi connectivity index (χ0n) is 22.3. The minimum absolute atomic E-state index is 0.653. The van der Waals surface area contributed by atoms with Crippen LogP contribution in [0.25, 0.3) is 76.2 Å². The monoisotopic (exact) mass is 619 g/mol. The van der Waals surface area contributed by atoms with E-state index in [0.29, 0.717) is 17.5 Å². The van der Waals surface area contributed by atoms with Crippen molar-refractivity contribution in [2.75, 3.05) is 0 Å². The summed E-state index contributed by atoms with van der Waals surface area (Å²) in [6.07, 6.45) is 0. The van der Waals surface area contributed by atoms with Crippen LogP contribution in [0.5, 0.6) is 0 Å². The fourth-order valence-corrected chi connectivity index (χ4v) is 7.26. The SMILES string of the molecule is Brc1ccc(-c2nc(-c3ccc(-c4ccccc4)cc3)nc(-c3cccc4c3sc3ccccc34)n2)c2ccccc12. The average Bonchev–Trinajstić information content (AvgIpc) is 3.44. The summed E-state index contributed by atoms with van der Waals surface area (Å²) in [5.41, 5.74) is 5.27. The molecule has 0 fully saturated rings. The number of halogens is 1. The van der Waals surface area contributed by atoms with Gasteiger partial charge in [0.05, 0.1) is 0 Å². The molecule has 198 valence electrons. The molecule has 0 aliphatic carbocycles. The van der Waals surface area contributed by atoms with Gasteiger partial charge in [0, 0.05) is 41.3 Å². The molecule has 0 N–H and O–H groups in total. The minimum atomic E-state index is 0.653. The first-order chi connectivity index (χ1) is 20.7. The van der Waals surface area contributed by atoms with Gasteiger partial charge in [0.2, 0.25) is 0 Å². The smallest absolute Gasteiger partial charge is 0.165 e. The number of hydrogen-bond donors (Lipinski definition) is 0. The van der Waals surface area contributed by atoms with Crippen LogP contribution in [0.4, 0.5) is 0 Å². The van der Waals surface area contributed by atoms with E-state index in [1.54, 1.807) is 11.3 Å². The van der Waals surface area contributed by atoms with Gasteiger partial charge in [0.25, 0.3) is 0 Å². The second kappa shape index (κ2) is 10.3. The number of hydrogen-bond acceptors (Lipinski definition) is 4. The molecule has 0 saturated heterocycles. The van der Waals surface area contributed by atoms with Crippen molar-refractivity contribution < 1.29 is 0 Å². The van der Waals surface area contributed by atoms with Gasteiger partial charge in [-0.3, -0.25) is 0 Å². The maximum Gasteiger partial charge on any atom is 0.165 e. The lowest BCUT2D eigenvalue weighted by atomic mass is 10.0. The minimum Gasteiger partial charge on any atom is -0.208 e. The second-order valence-electron chi connectivity index (χ2n) is 10.2. The van der Waals surface area contributed by atoms with Crippen molar-refractivity contribution in [3.8, 4) is 45.3 Å². The Hall–Kier alpha value is -4.71. The number of nitrogens with zero attached hydrogens (tertiary/aromatic N) is 3. The zero-order valence-corrected chi connectivity index (χ0v) is 24.7. The van der Waals surface area contributed by atoms with Crippen LogP contribution < -0.4 is 0 Å². The molecule has 8 rings (SSSR count). The highest BCUT2D eigenvalue weighted by atomic mass is 79.9. The van der Waals surface area contributed by atoms with E-state index in [2.05, 4.69) is 143 Å². The third-order valence-corrected chi connectivity index (χ3v) is 9.55. The summed E-state index contributed by atoms with van der Waals surface area (Å²) in [7, 11) is 0. The fourth-order valence-electron chi connectivity index (χ4n) is 5.57. The standard InChI is InChI=1S/C37H22BrN3S/c38-32-22-21-30(26-11-4-5-12-27(26)32)36-39-35(25-19-17-24(18-20-25)23-9-2-1-3-10-23)40-37(41-36)31-15-8-14-29-28-13-6-7-16-33(28)42-34(29)31/h1-22H. The van der Waals surface area contributed by atoms with Crippen molar-refractivity contribution in [2.45, 2.75) is 0 Å². The van der Waals surface area contributed by atoms with Crippen molar-refractivity contribution in [3.63, 3.8) is 0 Å². The maximum atomic E-state index is 5.13. The van der Waals surface area contributed by atoms with Crippen molar-refractivity contribution in [3.05, 3.63) is 138 Å². The predicted octanol–water partition coefficient (Wildman–Crippen LogP) is 10.8. The van der Waals surface area contributed by atoms with Gasteiger partial charge in [0.1, 0.15) is 0 Å². The van der Waals surface area contributed by atoms with E-state index >= 15 is 0 Å². The van der Waals surface area contributed by atoms with Gasteiger partial charge in [-0.2, -0.15) is 0 Å². The molecular formula is C37H22BrN3S. The molecule has 0 unspecified atom stereocenters. The van der Waals surface area contributed by atoms with Gasteiger partial charge >= 0.3 is 0 Å². The summed E-state index contributed by atoms with van der Waals surface area (Å²) >= 11 is 5.51. The van der Waals surface area contributed by atoms with E-state index in [-0.39, 0.29) is 0 Å². The van der Waals surface area contributed by atoms with Gasteiger partial charge in [-0.05, 0) is 46.2 Å². The number of fused-ring (bicyclic) bond motifs is 4. The largest absolute Gasteiger partial charge is 0.208 e. The summed E-state index contributed by atoms with van der Waals surface area (Å²) in [6, 6.07) is 46.4. The van der Waals surface area contributed by atoms with Gasteiger partial charge in [-0.1, -0.05) is 125 Å². The van der Waals surface area contributed by atoms with E-state index in [0.717, 1.165) is 37.5 Å². The molecule has 0 aliphatic heterocycles. The van der Waals surface area contributed by atoms with E-state index < -0.39 is 0 Å². The van der Waals surface area contributed by atoms with Gasteiger partial charge < -0.3 is 0 Å². The van der Waals surface area contributed by atoms with E-state index in [1.165, 1.54) is 25.7 Å². The Kier molecular flexibility index (Phi) is 6.13. The summed E-state index contributed by atoms with van der Waals surface area (Å²) in [5, 5.41) is 4.69. The van der Waals surface area contributed by atoms with Crippen molar-refractivity contribution in [2.24, 2.45) is 0 Å². The average molecular weight is 621 g/mol. The number of rotatable bonds is 4. The second-order valence-corrected chi connectivity index (χ2v) is 12.1. The van der Waals surface area contributed by atoms with Crippen molar-refractivity contribution in [1.82, 2.24) is 15.0 Å². The van der Waals surface area contributed by atoms with Gasteiger partial charge in [-0.25, -0.2) is 15.0 Å². The predicted molar refractivity (Wildman–Crippen MR) is 180 cm³/mol. The van der Waals surface area contributed by atoms with Crippen molar-refractivity contribution in [1.29, 1.82) is 0 Å². The Labute approximate surface area is 255 Å². The van der Waals surface area contributed by atoms with Crippen LogP contribution in [0.2, 0.25) is 0 Å². The van der Waals surface area contributed by atoms with Crippen LogP contribution in [0, 0.1) is 0 Å². The van der Waals surface area contributed by atoms with E-state index in [1.807, 2.05) is 6.07 Å². The molecule has 0 spiro atoms. The first-order valence-electron chi connectivity index (χ1n) is 13.7.